The highest BCUT2D eigenvalue weighted by atomic mass is 16.1. The third-order valence-electron chi connectivity index (χ3n) is 2.95. The lowest BCUT2D eigenvalue weighted by Crippen LogP contribution is -2.11. The standard InChI is InChI=1S/C12H12N6O/c1-18-9(6-4-2-3-5-7(6)13)15-8-10(18)16-12(14)17-11(8)19/h2-5H,13H2,1H3,(H3,14,16,17,19). The smallest absolute Gasteiger partial charge is 0.280 e. The largest absolute Gasteiger partial charge is 0.398 e. The molecule has 0 amide bonds. The van der Waals surface area contributed by atoms with Crippen LogP contribution in [0.15, 0.2) is 29.1 Å². The average molecular weight is 256 g/mol. The second-order valence-electron chi connectivity index (χ2n) is 4.21. The van der Waals surface area contributed by atoms with Crippen molar-refractivity contribution in [3.63, 3.8) is 0 Å². The number of aromatic amines is 1. The second-order valence-corrected chi connectivity index (χ2v) is 4.21. The number of fused-ring (bicyclic) bond motifs is 1. The first-order chi connectivity index (χ1) is 9.08. The number of nitrogens with two attached hydrogens (primary N) is 2. The molecule has 19 heavy (non-hydrogen) atoms. The van der Waals surface area contributed by atoms with Gasteiger partial charge in [-0.1, -0.05) is 12.1 Å². The quantitative estimate of drug-likeness (QED) is 0.548. The van der Waals surface area contributed by atoms with Gasteiger partial charge in [0.15, 0.2) is 11.2 Å². The van der Waals surface area contributed by atoms with Crippen LogP contribution < -0.4 is 17.0 Å². The number of rotatable bonds is 1. The predicted molar refractivity (Wildman–Crippen MR) is 73.4 cm³/mol. The van der Waals surface area contributed by atoms with Gasteiger partial charge in [0.05, 0.1) is 0 Å². The molecule has 0 aliphatic rings. The zero-order valence-electron chi connectivity index (χ0n) is 10.2. The maximum atomic E-state index is 11.8. The Morgan fingerprint density at radius 2 is 1.95 bits per heavy atom. The molecule has 0 saturated carbocycles. The van der Waals surface area contributed by atoms with E-state index in [1.165, 1.54) is 0 Å². The number of para-hydroxylation sites is 1. The zero-order chi connectivity index (χ0) is 13.6. The number of nitrogens with one attached hydrogen (secondary N) is 1. The summed E-state index contributed by atoms with van der Waals surface area (Å²) < 4.78 is 1.70. The van der Waals surface area contributed by atoms with E-state index in [1.807, 2.05) is 18.2 Å². The van der Waals surface area contributed by atoms with Crippen LogP contribution >= 0.6 is 0 Å². The van der Waals surface area contributed by atoms with Crippen molar-refractivity contribution in [1.29, 1.82) is 0 Å². The minimum atomic E-state index is -0.362. The zero-order valence-corrected chi connectivity index (χ0v) is 10.2. The first-order valence-corrected chi connectivity index (χ1v) is 5.65. The van der Waals surface area contributed by atoms with Crippen molar-refractivity contribution in [2.45, 2.75) is 0 Å². The lowest BCUT2D eigenvalue weighted by Gasteiger charge is -2.04. The Morgan fingerprint density at radius 1 is 1.21 bits per heavy atom. The summed E-state index contributed by atoms with van der Waals surface area (Å²) in [6.07, 6.45) is 0. The van der Waals surface area contributed by atoms with E-state index < -0.39 is 0 Å². The van der Waals surface area contributed by atoms with Gasteiger partial charge in [-0.3, -0.25) is 9.78 Å². The van der Waals surface area contributed by atoms with E-state index in [-0.39, 0.29) is 17.0 Å². The number of nitrogens with zero attached hydrogens (tertiary/aromatic N) is 3. The van der Waals surface area contributed by atoms with Crippen molar-refractivity contribution < 1.29 is 0 Å². The van der Waals surface area contributed by atoms with Crippen molar-refractivity contribution >= 4 is 22.8 Å². The van der Waals surface area contributed by atoms with E-state index in [9.17, 15) is 4.79 Å². The highest BCUT2D eigenvalue weighted by molar-refractivity contribution is 5.81. The molecular weight excluding hydrogens is 244 g/mol. The summed E-state index contributed by atoms with van der Waals surface area (Å²) in [5.41, 5.74) is 13.1. The summed E-state index contributed by atoms with van der Waals surface area (Å²) in [5.74, 6) is 0.643. The van der Waals surface area contributed by atoms with Crippen LogP contribution in [0.3, 0.4) is 0 Å². The van der Waals surface area contributed by atoms with E-state index in [0.29, 0.717) is 17.2 Å². The summed E-state index contributed by atoms with van der Waals surface area (Å²) in [6.45, 7) is 0. The van der Waals surface area contributed by atoms with E-state index in [0.717, 1.165) is 5.56 Å². The number of aryl methyl sites for hydroxylation is 1. The van der Waals surface area contributed by atoms with Gasteiger partial charge in [-0.15, -0.1) is 0 Å². The lowest BCUT2D eigenvalue weighted by atomic mass is 10.2. The number of benzene rings is 1. The van der Waals surface area contributed by atoms with Gasteiger partial charge in [-0.2, -0.15) is 4.98 Å². The van der Waals surface area contributed by atoms with Gasteiger partial charge >= 0.3 is 0 Å². The molecule has 0 aliphatic heterocycles. The van der Waals surface area contributed by atoms with Crippen molar-refractivity contribution in [2.75, 3.05) is 11.5 Å². The highest BCUT2D eigenvalue weighted by Crippen LogP contribution is 2.25. The van der Waals surface area contributed by atoms with Crippen LogP contribution in [0.25, 0.3) is 22.6 Å². The van der Waals surface area contributed by atoms with Gasteiger partial charge in [0.2, 0.25) is 5.95 Å². The number of hydrogen-bond donors (Lipinski definition) is 3. The Bertz CT molecular complexity index is 832. The van der Waals surface area contributed by atoms with Crippen molar-refractivity contribution in [1.82, 2.24) is 19.5 Å². The first-order valence-electron chi connectivity index (χ1n) is 5.65. The van der Waals surface area contributed by atoms with Gasteiger partial charge in [0.1, 0.15) is 5.82 Å². The number of aromatic nitrogens is 4. The Kier molecular flexibility index (Phi) is 2.28. The molecule has 7 nitrogen and oxygen atoms in total. The van der Waals surface area contributed by atoms with Crippen LogP contribution in [0.4, 0.5) is 11.6 Å². The van der Waals surface area contributed by atoms with Crippen LogP contribution in [0.1, 0.15) is 0 Å². The molecule has 0 fully saturated rings. The molecule has 1 aromatic carbocycles. The predicted octanol–water partition coefficient (Wildman–Crippen LogP) is 0.488. The van der Waals surface area contributed by atoms with Gasteiger partial charge < -0.3 is 16.0 Å². The molecule has 3 aromatic rings. The molecule has 3 rings (SSSR count). The van der Waals surface area contributed by atoms with Gasteiger partial charge in [-0.25, -0.2) is 4.98 Å². The highest BCUT2D eigenvalue weighted by Gasteiger charge is 2.15. The van der Waals surface area contributed by atoms with E-state index >= 15 is 0 Å². The Balaban J connectivity index is 2.39. The molecule has 0 atom stereocenters. The molecule has 96 valence electrons. The van der Waals surface area contributed by atoms with Gasteiger partial charge in [-0.05, 0) is 12.1 Å². The summed E-state index contributed by atoms with van der Waals surface area (Å²) in [4.78, 5) is 22.6. The molecule has 0 aliphatic carbocycles. The molecule has 2 heterocycles. The molecule has 5 N–H and O–H groups in total. The summed E-state index contributed by atoms with van der Waals surface area (Å²) in [6, 6.07) is 7.32. The number of hydrogen-bond acceptors (Lipinski definition) is 5. The van der Waals surface area contributed by atoms with Crippen molar-refractivity contribution in [3.05, 3.63) is 34.6 Å². The number of nitrogen functional groups attached to an aromatic ring is 2. The summed E-state index contributed by atoms with van der Waals surface area (Å²) >= 11 is 0. The van der Waals surface area contributed by atoms with Crippen LogP contribution in [0.5, 0.6) is 0 Å². The minimum Gasteiger partial charge on any atom is -0.398 e. The van der Waals surface area contributed by atoms with Crippen LogP contribution in [0, 0.1) is 0 Å². The first kappa shape index (κ1) is 11.3. The van der Waals surface area contributed by atoms with E-state index in [2.05, 4.69) is 15.0 Å². The molecule has 0 spiro atoms. The van der Waals surface area contributed by atoms with Crippen molar-refractivity contribution in [2.24, 2.45) is 7.05 Å². The van der Waals surface area contributed by atoms with Gasteiger partial charge in [0, 0.05) is 18.3 Å². The van der Waals surface area contributed by atoms with Crippen LogP contribution in [-0.2, 0) is 7.05 Å². The SMILES string of the molecule is Cn1c(-c2ccccc2N)nc2c(=O)[nH]c(N)nc21. The Morgan fingerprint density at radius 3 is 2.68 bits per heavy atom. The minimum absolute atomic E-state index is 0.0630. The molecule has 7 heteroatoms. The van der Waals surface area contributed by atoms with Crippen LogP contribution in [-0.4, -0.2) is 19.5 Å². The second kappa shape index (κ2) is 3.84. The molecule has 0 radical (unpaired) electrons. The lowest BCUT2D eigenvalue weighted by molar-refractivity contribution is 0.940. The third-order valence-corrected chi connectivity index (χ3v) is 2.95. The Hall–Kier alpha value is -2.83. The molecule has 0 unspecified atom stereocenters. The fourth-order valence-electron chi connectivity index (χ4n) is 2.03. The maximum absolute atomic E-state index is 11.8. The normalized spacial score (nSPS) is 11.0. The molecule has 0 bridgehead atoms. The Labute approximate surface area is 107 Å². The molecule has 0 saturated heterocycles. The third kappa shape index (κ3) is 1.63. The fourth-order valence-corrected chi connectivity index (χ4v) is 2.03. The molecule has 2 aromatic heterocycles. The number of H-pyrrole nitrogens is 1. The summed E-state index contributed by atoms with van der Waals surface area (Å²) in [5, 5.41) is 0. The number of anilines is 2. The monoisotopic (exact) mass is 256 g/mol. The van der Waals surface area contributed by atoms with E-state index in [4.69, 9.17) is 11.5 Å². The number of imidazole rings is 1. The maximum Gasteiger partial charge on any atom is 0.280 e. The van der Waals surface area contributed by atoms with Crippen molar-refractivity contribution in [3.8, 4) is 11.4 Å². The molecular formula is C12H12N6O. The van der Waals surface area contributed by atoms with E-state index in [1.54, 1.807) is 17.7 Å². The fraction of sp³-hybridized carbons (Fsp3) is 0.0833. The van der Waals surface area contributed by atoms with Crippen LogP contribution in [0.2, 0.25) is 0 Å². The average Bonchev–Trinajstić information content (AvgIpc) is 2.68. The van der Waals surface area contributed by atoms with Gasteiger partial charge in [0.25, 0.3) is 5.56 Å². The topological polar surface area (TPSA) is 116 Å². The summed E-state index contributed by atoms with van der Waals surface area (Å²) in [7, 11) is 1.77.